The molecule has 0 aromatic heterocycles. The number of esters is 3. The lowest BCUT2D eigenvalue weighted by atomic mass is 9.98. The summed E-state index contributed by atoms with van der Waals surface area (Å²) in [5, 5.41) is 0. The van der Waals surface area contributed by atoms with Crippen molar-refractivity contribution in [3.8, 4) is 0 Å². The van der Waals surface area contributed by atoms with E-state index in [0.717, 1.165) is 31.8 Å². The average Bonchev–Trinajstić information content (AvgIpc) is 2.61. The van der Waals surface area contributed by atoms with E-state index in [1.807, 2.05) is 20.8 Å². The zero-order valence-corrected chi connectivity index (χ0v) is 15.8. The van der Waals surface area contributed by atoms with Gasteiger partial charge in [0, 0.05) is 6.08 Å². The third kappa shape index (κ3) is 10.6. The number of ether oxygens (including phenoxy) is 3. The lowest BCUT2D eigenvalue weighted by Crippen LogP contribution is -2.30. The van der Waals surface area contributed by atoms with Gasteiger partial charge in [0.1, 0.15) is 0 Å². The molecule has 2 unspecified atom stereocenters. The van der Waals surface area contributed by atoms with Crippen molar-refractivity contribution in [3.63, 3.8) is 0 Å². The summed E-state index contributed by atoms with van der Waals surface area (Å²) in [4.78, 5) is 35.6. The maximum Gasteiger partial charge on any atom is 0.347 e. The van der Waals surface area contributed by atoms with Crippen LogP contribution in [0.25, 0.3) is 0 Å². The second kappa shape index (κ2) is 14.5. The van der Waals surface area contributed by atoms with Crippen molar-refractivity contribution in [2.45, 2.75) is 71.8 Å². The van der Waals surface area contributed by atoms with Gasteiger partial charge in [-0.25, -0.2) is 9.59 Å². The highest BCUT2D eigenvalue weighted by Crippen LogP contribution is 2.17. The second-order valence-corrected chi connectivity index (χ2v) is 5.85. The van der Waals surface area contributed by atoms with E-state index in [4.69, 9.17) is 14.2 Å². The van der Waals surface area contributed by atoms with E-state index in [0.29, 0.717) is 19.4 Å². The van der Waals surface area contributed by atoms with Crippen LogP contribution in [0.3, 0.4) is 0 Å². The standard InChI is InChI=1S/C19H32O6/c1-5-9-13-23-18(21)15(7-3)11-12-16(25-17(20)8-4)19(22)24-14-10-6-2/h8,15-16H,4-7,9-14H2,1-3H3. The van der Waals surface area contributed by atoms with E-state index in [-0.39, 0.29) is 24.9 Å². The number of carbonyl (C=O) groups excluding carboxylic acids is 3. The van der Waals surface area contributed by atoms with Gasteiger partial charge >= 0.3 is 17.9 Å². The summed E-state index contributed by atoms with van der Waals surface area (Å²) < 4.78 is 15.4. The first-order chi connectivity index (χ1) is 12.0. The highest BCUT2D eigenvalue weighted by molar-refractivity contribution is 5.85. The molecule has 0 radical (unpaired) electrons. The predicted molar refractivity (Wildman–Crippen MR) is 94.8 cm³/mol. The Bertz CT molecular complexity index is 418. The molecule has 6 nitrogen and oxygen atoms in total. The van der Waals surface area contributed by atoms with E-state index < -0.39 is 18.0 Å². The summed E-state index contributed by atoms with van der Waals surface area (Å²) >= 11 is 0. The normalized spacial score (nSPS) is 12.8. The molecule has 0 aromatic rings. The highest BCUT2D eigenvalue weighted by Gasteiger charge is 2.27. The van der Waals surface area contributed by atoms with Crippen LogP contribution in [0.2, 0.25) is 0 Å². The largest absolute Gasteiger partial charge is 0.465 e. The lowest BCUT2D eigenvalue weighted by molar-refractivity contribution is -0.166. The van der Waals surface area contributed by atoms with Gasteiger partial charge in [0.15, 0.2) is 6.10 Å². The molecule has 144 valence electrons. The molecule has 0 saturated heterocycles. The summed E-state index contributed by atoms with van der Waals surface area (Å²) in [6.45, 7) is 9.91. The predicted octanol–water partition coefficient (Wildman–Crippen LogP) is 3.58. The smallest absolute Gasteiger partial charge is 0.347 e. The third-order valence-electron chi connectivity index (χ3n) is 3.78. The van der Waals surface area contributed by atoms with Crippen LogP contribution in [0.5, 0.6) is 0 Å². The number of rotatable bonds is 14. The molecule has 0 heterocycles. The molecular weight excluding hydrogens is 324 g/mol. The summed E-state index contributed by atoms with van der Waals surface area (Å²) in [5.41, 5.74) is 0. The molecule has 2 atom stereocenters. The molecule has 0 saturated carbocycles. The van der Waals surface area contributed by atoms with Gasteiger partial charge in [0.2, 0.25) is 0 Å². The van der Waals surface area contributed by atoms with Gasteiger partial charge in [0.25, 0.3) is 0 Å². The first-order valence-corrected chi connectivity index (χ1v) is 9.16. The van der Waals surface area contributed by atoms with Crippen LogP contribution >= 0.6 is 0 Å². The van der Waals surface area contributed by atoms with Crippen molar-refractivity contribution < 1.29 is 28.6 Å². The molecule has 0 bridgehead atoms. The summed E-state index contributed by atoms with van der Waals surface area (Å²) in [7, 11) is 0. The van der Waals surface area contributed by atoms with Crippen molar-refractivity contribution in [3.05, 3.63) is 12.7 Å². The number of unbranched alkanes of at least 4 members (excludes halogenated alkanes) is 2. The maximum absolute atomic E-state index is 12.1. The maximum atomic E-state index is 12.1. The van der Waals surface area contributed by atoms with Gasteiger partial charge in [-0.15, -0.1) is 0 Å². The molecule has 0 aliphatic rings. The van der Waals surface area contributed by atoms with Crippen molar-refractivity contribution in [1.82, 2.24) is 0 Å². The third-order valence-corrected chi connectivity index (χ3v) is 3.78. The monoisotopic (exact) mass is 356 g/mol. The number of carbonyl (C=O) groups is 3. The Morgan fingerprint density at radius 2 is 1.48 bits per heavy atom. The Labute approximate surface area is 150 Å². The Kier molecular flexibility index (Phi) is 13.4. The fourth-order valence-electron chi connectivity index (χ4n) is 2.10. The highest BCUT2D eigenvalue weighted by atomic mass is 16.6. The van der Waals surface area contributed by atoms with E-state index in [1.165, 1.54) is 0 Å². The Morgan fingerprint density at radius 1 is 0.920 bits per heavy atom. The van der Waals surface area contributed by atoms with Gasteiger partial charge in [-0.1, -0.05) is 40.2 Å². The van der Waals surface area contributed by atoms with Gasteiger partial charge in [-0.2, -0.15) is 0 Å². The molecule has 0 amide bonds. The van der Waals surface area contributed by atoms with E-state index in [1.54, 1.807) is 0 Å². The van der Waals surface area contributed by atoms with E-state index in [2.05, 4.69) is 6.58 Å². The van der Waals surface area contributed by atoms with Crippen LogP contribution in [0, 0.1) is 5.92 Å². The van der Waals surface area contributed by atoms with Crippen molar-refractivity contribution >= 4 is 17.9 Å². The average molecular weight is 356 g/mol. The molecule has 0 aliphatic carbocycles. The summed E-state index contributed by atoms with van der Waals surface area (Å²) in [5.74, 6) is -1.87. The van der Waals surface area contributed by atoms with E-state index >= 15 is 0 Å². The zero-order valence-electron chi connectivity index (χ0n) is 15.8. The van der Waals surface area contributed by atoms with Crippen LogP contribution < -0.4 is 0 Å². The van der Waals surface area contributed by atoms with Crippen LogP contribution in [0.1, 0.15) is 65.7 Å². The molecule has 25 heavy (non-hydrogen) atoms. The minimum atomic E-state index is -1.03. The van der Waals surface area contributed by atoms with Crippen LogP contribution in [-0.2, 0) is 28.6 Å². The molecule has 0 aliphatic heterocycles. The molecule has 0 fully saturated rings. The SMILES string of the molecule is C=CC(=O)OC(CCC(CC)C(=O)OCCCC)C(=O)OCCCC. The topological polar surface area (TPSA) is 78.9 Å². The Morgan fingerprint density at radius 3 is 1.96 bits per heavy atom. The first-order valence-electron chi connectivity index (χ1n) is 9.16. The minimum absolute atomic E-state index is 0.214. The first kappa shape index (κ1) is 23.1. The van der Waals surface area contributed by atoms with Crippen LogP contribution in [-0.4, -0.2) is 37.2 Å². The van der Waals surface area contributed by atoms with Crippen molar-refractivity contribution in [1.29, 1.82) is 0 Å². The molecule has 0 N–H and O–H groups in total. The van der Waals surface area contributed by atoms with Gasteiger partial charge in [0.05, 0.1) is 19.1 Å². The van der Waals surface area contributed by atoms with Gasteiger partial charge in [-0.05, 0) is 32.1 Å². The molecule has 0 spiro atoms. The van der Waals surface area contributed by atoms with Gasteiger partial charge < -0.3 is 14.2 Å². The fraction of sp³-hybridized carbons (Fsp3) is 0.737. The number of hydrogen-bond donors (Lipinski definition) is 0. The molecular formula is C19H32O6. The zero-order chi connectivity index (χ0) is 19.1. The Balaban J connectivity index is 4.63. The van der Waals surface area contributed by atoms with E-state index in [9.17, 15) is 14.4 Å². The number of hydrogen-bond acceptors (Lipinski definition) is 6. The molecule has 0 rings (SSSR count). The van der Waals surface area contributed by atoms with Crippen molar-refractivity contribution in [2.75, 3.05) is 13.2 Å². The van der Waals surface area contributed by atoms with Crippen LogP contribution in [0.15, 0.2) is 12.7 Å². The van der Waals surface area contributed by atoms with Gasteiger partial charge in [-0.3, -0.25) is 4.79 Å². The second-order valence-electron chi connectivity index (χ2n) is 5.85. The van der Waals surface area contributed by atoms with Crippen molar-refractivity contribution in [2.24, 2.45) is 5.92 Å². The minimum Gasteiger partial charge on any atom is -0.465 e. The van der Waals surface area contributed by atoms with Crippen LogP contribution in [0.4, 0.5) is 0 Å². The summed E-state index contributed by atoms with van der Waals surface area (Å²) in [6.07, 6.45) is 4.59. The quantitative estimate of drug-likeness (QED) is 0.205. The molecule has 0 aromatic carbocycles. The fourth-order valence-corrected chi connectivity index (χ4v) is 2.10. The molecule has 6 heteroatoms. The lowest BCUT2D eigenvalue weighted by Gasteiger charge is -2.19. The Hall–Kier alpha value is -1.85. The summed E-state index contributed by atoms with van der Waals surface area (Å²) in [6, 6.07) is 0.